The topological polar surface area (TPSA) is 59.2 Å². The van der Waals surface area contributed by atoms with Crippen LogP contribution in [0.15, 0.2) is 22.4 Å². The number of rotatable bonds is 2. The highest BCUT2D eigenvalue weighted by Gasteiger charge is 2.31. The molecule has 0 spiro atoms. The summed E-state index contributed by atoms with van der Waals surface area (Å²) in [6, 6.07) is 1.63. The summed E-state index contributed by atoms with van der Waals surface area (Å²) in [4.78, 5) is 19.2. The lowest BCUT2D eigenvalue weighted by Crippen LogP contribution is -2.35. The second kappa shape index (κ2) is 5.93. The summed E-state index contributed by atoms with van der Waals surface area (Å²) < 4.78 is 4.83. The van der Waals surface area contributed by atoms with E-state index in [-0.39, 0.29) is 11.9 Å². The Morgan fingerprint density at radius 1 is 1.45 bits per heavy atom. The van der Waals surface area contributed by atoms with E-state index in [4.69, 9.17) is 16.1 Å². The molecule has 0 bridgehead atoms. The molecule has 7 heteroatoms. The Hall–Kier alpha value is -1.40. The molecule has 1 saturated heterocycles. The molecule has 3 heterocycles. The van der Waals surface area contributed by atoms with Gasteiger partial charge in [0.15, 0.2) is 5.82 Å². The molecule has 0 aromatic carbocycles. The first-order chi connectivity index (χ1) is 9.77. The maximum absolute atomic E-state index is 12.7. The van der Waals surface area contributed by atoms with Gasteiger partial charge in [0.05, 0.1) is 11.1 Å². The second-order valence-corrected chi connectivity index (χ2v) is 6.07. The van der Waals surface area contributed by atoms with Crippen molar-refractivity contribution in [2.24, 2.45) is 0 Å². The zero-order chi connectivity index (χ0) is 13.9. The third-order valence-corrected chi connectivity index (χ3v) is 4.83. The van der Waals surface area contributed by atoms with Gasteiger partial charge in [0, 0.05) is 6.54 Å². The fourth-order valence-electron chi connectivity index (χ4n) is 2.52. The number of carbonyl (C=O) groups is 1. The zero-order valence-corrected chi connectivity index (χ0v) is 12.4. The Labute approximate surface area is 125 Å². The van der Waals surface area contributed by atoms with Gasteiger partial charge in [-0.05, 0) is 24.3 Å². The van der Waals surface area contributed by atoms with Gasteiger partial charge >= 0.3 is 0 Å². The third-order valence-electron chi connectivity index (χ3n) is 3.50. The molecule has 0 N–H and O–H groups in total. The van der Waals surface area contributed by atoms with Crippen molar-refractivity contribution in [2.75, 3.05) is 6.54 Å². The molecule has 1 aliphatic heterocycles. The smallest absolute Gasteiger partial charge is 0.266 e. The van der Waals surface area contributed by atoms with Crippen molar-refractivity contribution in [3.63, 3.8) is 0 Å². The Bertz CT molecular complexity index is 584. The van der Waals surface area contributed by atoms with Crippen LogP contribution >= 0.6 is 22.9 Å². The number of aromatic nitrogens is 2. The van der Waals surface area contributed by atoms with Crippen LogP contribution in [-0.2, 0) is 0 Å². The fourth-order valence-corrected chi connectivity index (χ4v) is 3.61. The number of thiophene rings is 1. The molecular weight excluding hydrogens is 298 g/mol. The van der Waals surface area contributed by atoms with Gasteiger partial charge in [-0.15, -0.1) is 11.3 Å². The van der Waals surface area contributed by atoms with Crippen LogP contribution in [0, 0.1) is 0 Å². The van der Waals surface area contributed by atoms with Crippen molar-refractivity contribution < 1.29 is 9.32 Å². The van der Waals surface area contributed by atoms with Crippen LogP contribution in [0.5, 0.6) is 0 Å². The molecule has 5 nitrogen and oxygen atoms in total. The van der Waals surface area contributed by atoms with E-state index in [0.29, 0.717) is 22.3 Å². The van der Waals surface area contributed by atoms with Gasteiger partial charge in [-0.25, -0.2) is 0 Å². The molecule has 2 aromatic rings. The number of amides is 1. The molecule has 0 radical (unpaired) electrons. The first kappa shape index (κ1) is 13.6. The van der Waals surface area contributed by atoms with E-state index in [1.165, 1.54) is 17.7 Å². The van der Waals surface area contributed by atoms with Crippen molar-refractivity contribution in [1.82, 2.24) is 15.0 Å². The Morgan fingerprint density at radius 2 is 2.35 bits per heavy atom. The van der Waals surface area contributed by atoms with Gasteiger partial charge in [0.1, 0.15) is 4.88 Å². The lowest BCUT2D eigenvalue weighted by atomic mass is 10.1. The maximum atomic E-state index is 12.7. The molecule has 1 unspecified atom stereocenters. The molecule has 3 rings (SSSR count). The minimum absolute atomic E-state index is 0.0401. The second-order valence-electron chi connectivity index (χ2n) is 4.75. The van der Waals surface area contributed by atoms with Gasteiger partial charge in [0.25, 0.3) is 5.91 Å². The Kier molecular flexibility index (Phi) is 4.03. The first-order valence-electron chi connectivity index (χ1n) is 6.57. The highest BCUT2D eigenvalue weighted by molar-refractivity contribution is 7.12. The van der Waals surface area contributed by atoms with Crippen LogP contribution in [0.1, 0.15) is 47.2 Å². The van der Waals surface area contributed by atoms with E-state index in [0.717, 1.165) is 25.7 Å². The highest BCUT2D eigenvalue weighted by Crippen LogP contribution is 2.32. The predicted octanol–water partition coefficient (Wildman–Crippen LogP) is 3.54. The number of likely N-dealkylation sites (tertiary alicyclic amines) is 1. The molecular formula is C13H14ClN3O2S. The summed E-state index contributed by atoms with van der Waals surface area (Å²) in [5, 5.41) is 6.25. The highest BCUT2D eigenvalue weighted by atomic mass is 35.5. The van der Waals surface area contributed by atoms with Crippen molar-refractivity contribution in [1.29, 1.82) is 0 Å². The van der Waals surface area contributed by atoms with E-state index in [1.807, 2.05) is 10.3 Å². The zero-order valence-electron chi connectivity index (χ0n) is 10.8. The Morgan fingerprint density at radius 3 is 3.05 bits per heavy atom. The largest absolute Gasteiger partial charge is 0.343 e. The monoisotopic (exact) mass is 311 g/mol. The molecule has 1 amide bonds. The predicted molar refractivity (Wildman–Crippen MR) is 75.9 cm³/mol. The minimum Gasteiger partial charge on any atom is -0.343 e. The summed E-state index contributed by atoms with van der Waals surface area (Å²) in [5.74, 6) is 0.537. The fraction of sp³-hybridized carbons (Fsp3) is 0.462. The van der Waals surface area contributed by atoms with Gasteiger partial charge in [-0.3, -0.25) is 4.79 Å². The summed E-state index contributed by atoms with van der Waals surface area (Å²) >= 11 is 7.45. The van der Waals surface area contributed by atoms with E-state index in [2.05, 4.69) is 10.1 Å². The van der Waals surface area contributed by atoms with Gasteiger partial charge in [-0.2, -0.15) is 4.98 Å². The van der Waals surface area contributed by atoms with Gasteiger partial charge < -0.3 is 9.42 Å². The van der Waals surface area contributed by atoms with Crippen LogP contribution < -0.4 is 0 Å². The SMILES string of the molecule is O=C(c1sccc1Cl)N1CCCCCC1c1ncon1. The standard InChI is InChI=1S/C13H14ClN3O2S/c14-9-5-7-20-11(9)13(18)17-6-3-1-2-4-10(17)12-15-8-19-16-12/h5,7-8,10H,1-4,6H2. The summed E-state index contributed by atoms with van der Waals surface area (Å²) in [6.45, 7) is 0.701. The van der Waals surface area contributed by atoms with E-state index in [1.54, 1.807) is 6.07 Å². The summed E-state index contributed by atoms with van der Waals surface area (Å²) in [7, 11) is 0. The van der Waals surface area contributed by atoms with Crippen LogP contribution in [-0.4, -0.2) is 27.5 Å². The van der Waals surface area contributed by atoms with Crippen LogP contribution in [0.3, 0.4) is 0 Å². The van der Waals surface area contributed by atoms with Crippen molar-refractivity contribution in [3.05, 3.63) is 33.6 Å². The van der Waals surface area contributed by atoms with E-state index >= 15 is 0 Å². The van der Waals surface area contributed by atoms with E-state index in [9.17, 15) is 4.79 Å². The molecule has 1 aliphatic rings. The van der Waals surface area contributed by atoms with Gasteiger partial charge in [0.2, 0.25) is 6.39 Å². The minimum atomic E-state index is -0.123. The molecule has 0 aliphatic carbocycles. The molecule has 20 heavy (non-hydrogen) atoms. The van der Waals surface area contributed by atoms with Crippen molar-refractivity contribution >= 4 is 28.8 Å². The van der Waals surface area contributed by atoms with Crippen molar-refractivity contribution in [3.8, 4) is 0 Å². The molecule has 1 atom stereocenters. The maximum Gasteiger partial charge on any atom is 0.266 e. The quantitative estimate of drug-likeness (QED) is 0.851. The number of hydrogen-bond donors (Lipinski definition) is 0. The molecule has 1 fully saturated rings. The van der Waals surface area contributed by atoms with Crippen molar-refractivity contribution in [2.45, 2.75) is 31.7 Å². The first-order valence-corrected chi connectivity index (χ1v) is 7.83. The molecule has 0 saturated carbocycles. The third kappa shape index (κ3) is 2.58. The lowest BCUT2D eigenvalue weighted by Gasteiger charge is -2.27. The van der Waals surface area contributed by atoms with Crippen LogP contribution in [0.4, 0.5) is 0 Å². The molecule has 2 aromatic heterocycles. The van der Waals surface area contributed by atoms with Crippen LogP contribution in [0.2, 0.25) is 5.02 Å². The summed E-state index contributed by atoms with van der Waals surface area (Å²) in [6.07, 6.45) is 5.32. The van der Waals surface area contributed by atoms with Gasteiger partial charge in [-0.1, -0.05) is 29.6 Å². The Balaban J connectivity index is 1.91. The summed E-state index contributed by atoms with van der Waals surface area (Å²) in [5.41, 5.74) is 0. The average Bonchev–Trinajstić information content (AvgIpc) is 3.05. The number of carbonyl (C=O) groups excluding carboxylic acids is 1. The number of halogens is 1. The normalized spacial score (nSPS) is 19.9. The van der Waals surface area contributed by atoms with E-state index < -0.39 is 0 Å². The number of nitrogens with zero attached hydrogens (tertiary/aromatic N) is 3. The lowest BCUT2D eigenvalue weighted by molar-refractivity contribution is 0.0675. The average molecular weight is 312 g/mol. The van der Waals surface area contributed by atoms with Crippen LogP contribution in [0.25, 0.3) is 0 Å². The molecule has 106 valence electrons. The number of hydrogen-bond acceptors (Lipinski definition) is 5.